The Morgan fingerprint density at radius 3 is 2.51 bits per heavy atom. The first kappa shape index (κ1) is 27.7. The largest absolute Gasteiger partial charge is 0.353 e. The average molecular weight is 599 g/mol. The summed E-state index contributed by atoms with van der Waals surface area (Å²) < 4.78 is 1.94. The molecule has 0 bridgehead atoms. The number of anilines is 2. The maximum absolute atomic E-state index is 13.7. The van der Waals surface area contributed by atoms with Crippen LogP contribution in [-0.4, -0.2) is 88.1 Å². The first-order valence-corrected chi connectivity index (χ1v) is 15.4. The van der Waals surface area contributed by atoms with E-state index in [0.29, 0.717) is 24.7 Å². The first-order chi connectivity index (χ1) is 21.1. The number of hydrogen-bond donors (Lipinski definition) is 2. The second-order valence-electron chi connectivity index (χ2n) is 11.4. The van der Waals surface area contributed by atoms with E-state index in [-0.39, 0.29) is 24.5 Å². The van der Waals surface area contributed by atoms with Crippen molar-refractivity contribution in [2.24, 2.45) is 0 Å². The lowest BCUT2D eigenvalue weighted by atomic mass is 10.0. The Kier molecular flexibility index (Phi) is 7.63. The van der Waals surface area contributed by atoms with Gasteiger partial charge in [0.1, 0.15) is 24.3 Å². The van der Waals surface area contributed by atoms with E-state index in [1.54, 1.807) is 6.33 Å². The minimum atomic E-state index is -0.0550. The molecule has 5 heterocycles. The SMILES string of the molecule is O=C(Cn1cc(-c2ccccc2Cl)c2c(N3CCNCC3)ncnc21)N1CCC(N2CCc3ccccc3NC2=O)CC1. The monoisotopic (exact) mass is 598 g/mol. The van der Waals surface area contributed by atoms with Gasteiger partial charge < -0.3 is 29.9 Å². The molecule has 3 amide bonds. The van der Waals surface area contributed by atoms with Crippen LogP contribution in [0.1, 0.15) is 18.4 Å². The predicted molar refractivity (Wildman–Crippen MR) is 169 cm³/mol. The molecule has 222 valence electrons. The van der Waals surface area contributed by atoms with Gasteiger partial charge in [-0.25, -0.2) is 14.8 Å². The number of nitrogens with zero attached hydrogens (tertiary/aromatic N) is 6. The number of piperidine rings is 1. The lowest BCUT2D eigenvalue weighted by Gasteiger charge is -2.38. The molecule has 0 spiro atoms. The van der Waals surface area contributed by atoms with Crippen LogP contribution in [0.3, 0.4) is 0 Å². The molecule has 11 heteroatoms. The third-order valence-electron chi connectivity index (χ3n) is 8.92. The van der Waals surface area contributed by atoms with Gasteiger partial charge in [-0.2, -0.15) is 0 Å². The van der Waals surface area contributed by atoms with Crippen molar-refractivity contribution in [1.29, 1.82) is 0 Å². The van der Waals surface area contributed by atoms with Gasteiger partial charge in [-0.15, -0.1) is 0 Å². The Bertz CT molecular complexity index is 1660. The molecule has 2 N–H and O–H groups in total. The van der Waals surface area contributed by atoms with E-state index in [4.69, 9.17) is 16.6 Å². The molecule has 0 saturated carbocycles. The highest BCUT2D eigenvalue weighted by Gasteiger charge is 2.32. The number of halogens is 1. The van der Waals surface area contributed by atoms with E-state index in [1.807, 2.05) is 63.0 Å². The zero-order valence-electron chi connectivity index (χ0n) is 24.0. The van der Waals surface area contributed by atoms with Gasteiger partial charge in [0.05, 0.1) is 5.39 Å². The normalized spacial score (nSPS) is 18.0. The highest BCUT2D eigenvalue weighted by Crippen LogP contribution is 2.38. The molecule has 4 aromatic rings. The Balaban J connectivity index is 1.10. The lowest BCUT2D eigenvalue weighted by molar-refractivity contribution is -0.133. The fourth-order valence-corrected chi connectivity index (χ4v) is 6.88. The number of carbonyl (C=O) groups is 2. The summed E-state index contributed by atoms with van der Waals surface area (Å²) in [6, 6.07) is 15.8. The van der Waals surface area contributed by atoms with Crippen LogP contribution in [0.5, 0.6) is 0 Å². The quantitative estimate of drug-likeness (QED) is 0.357. The van der Waals surface area contributed by atoms with Gasteiger partial charge >= 0.3 is 6.03 Å². The van der Waals surface area contributed by atoms with E-state index < -0.39 is 0 Å². The number of likely N-dealkylation sites (tertiary alicyclic amines) is 1. The third-order valence-corrected chi connectivity index (χ3v) is 9.25. The fraction of sp³-hybridized carbons (Fsp3) is 0.375. The summed E-state index contributed by atoms with van der Waals surface area (Å²) in [5, 5.41) is 8.04. The van der Waals surface area contributed by atoms with Crippen molar-refractivity contribution in [2.75, 3.05) is 56.0 Å². The highest BCUT2D eigenvalue weighted by atomic mass is 35.5. The lowest BCUT2D eigenvalue weighted by Crippen LogP contribution is -2.50. The van der Waals surface area contributed by atoms with Crippen LogP contribution in [-0.2, 0) is 17.8 Å². The molecule has 2 fully saturated rings. The van der Waals surface area contributed by atoms with Crippen molar-refractivity contribution in [1.82, 2.24) is 29.7 Å². The van der Waals surface area contributed by atoms with Crippen LogP contribution in [0.2, 0.25) is 5.02 Å². The number of para-hydroxylation sites is 1. The average Bonchev–Trinajstić information content (AvgIpc) is 3.31. The molecule has 2 saturated heterocycles. The molecule has 2 aromatic heterocycles. The Labute approximate surface area is 255 Å². The van der Waals surface area contributed by atoms with Crippen molar-refractivity contribution < 1.29 is 9.59 Å². The number of benzene rings is 2. The summed E-state index contributed by atoms with van der Waals surface area (Å²) in [5.41, 5.74) is 4.59. The molecule has 2 aromatic carbocycles. The van der Waals surface area contributed by atoms with Crippen molar-refractivity contribution in [2.45, 2.75) is 31.8 Å². The smallest absolute Gasteiger partial charge is 0.322 e. The molecule has 3 aliphatic heterocycles. The van der Waals surface area contributed by atoms with Gasteiger partial charge in [0.2, 0.25) is 5.91 Å². The van der Waals surface area contributed by atoms with Crippen LogP contribution in [0.15, 0.2) is 61.1 Å². The molecular weight excluding hydrogens is 564 g/mol. The molecule has 43 heavy (non-hydrogen) atoms. The number of fused-ring (bicyclic) bond motifs is 2. The number of nitrogens with one attached hydrogen (secondary N) is 2. The number of amides is 3. The topological polar surface area (TPSA) is 98.6 Å². The van der Waals surface area contributed by atoms with Gasteiger partial charge in [-0.05, 0) is 37.0 Å². The zero-order chi connectivity index (χ0) is 29.3. The highest BCUT2D eigenvalue weighted by molar-refractivity contribution is 6.33. The number of aromatic nitrogens is 3. The second kappa shape index (κ2) is 11.9. The first-order valence-electron chi connectivity index (χ1n) is 15.0. The second-order valence-corrected chi connectivity index (χ2v) is 11.8. The van der Waals surface area contributed by atoms with E-state index >= 15 is 0 Å². The van der Waals surface area contributed by atoms with Gasteiger partial charge in [0, 0.05) is 79.9 Å². The van der Waals surface area contributed by atoms with Crippen LogP contribution in [0.4, 0.5) is 16.3 Å². The zero-order valence-corrected chi connectivity index (χ0v) is 24.8. The summed E-state index contributed by atoms with van der Waals surface area (Å²) in [6.07, 6.45) is 5.91. The maximum Gasteiger partial charge on any atom is 0.322 e. The number of rotatable bonds is 5. The summed E-state index contributed by atoms with van der Waals surface area (Å²) in [4.78, 5) is 42.2. The Morgan fingerprint density at radius 2 is 1.70 bits per heavy atom. The molecule has 0 unspecified atom stereocenters. The Hall–Kier alpha value is -4.15. The van der Waals surface area contributed by atoms with E-state index in [0.717, 1.165) is 84.7 Å². The van der Waals surface area contributed by atoms with Gasteiger partial charge in [0.25, 0.3) is 0 Å². The number of urea groups is 1. The van der Waals surface area contributed by atoms with Crippen LogP contribution < -0.4 is 15.5 Å². The fourth-order valence-electron chi connectivity index (χ4n) is 6.64. The molecule has 3 aliphatic rings. The summed E-state index contributed by atoms with van der Waals surface area (Å²) in [7, 11) is 0. The predicted octanol–water partition coefficient (Wildman–Crippen LogP) is 4.24. The molecular formula is C32H35ClN8O2. The van der Waals surface area contributed by atoms with Crippen LogP contribution in [0, 0.1) is 0 Å². The molecule has 0 aliphatic carbocycles. The van der Waals surface area contributed by atoms with Crippen LogP contribution >= 0.6 is 11.6 Å². The standard InChI is InChI=1S/C32H35ClN8O2/c33-26-7-3-2-6-24(26)25-19-40(31-29(25)30(35-21-36-31)39-17-12-34-13-18-39)20-28(42)38-14-10-23(11-15-38)41-16-9-22-5-1-4-8-27(22)37-32(41)43/h1-8,19,21,23,34H,9-18,20H2,(H,37,43). The minimum Gasteiger partial charge on any atom is -0.353 e. The van der Waals surface area contributed by atoms with E-state index in [9.17, 15) is 9.59 Å². The van der Waals surface area contributed by atoms with E-state index in [1.165, 1.54) is 0 Å². The third kappa shape index (κ3) is 5.41. The van der Waals surface area contributed by atoms with Crippen molar-refractivity contribution in [3.05, 3.63) is 71.6 Å². The maximum atomic E-state index is 13.7. The summed E-state index contributed by atoms with van der Waals surface area (Å²) in [6.45, 7) is 5.51. The molecule has 10 nitrogen and oxygen atoms in total. The summed E-state index contributed by atoms with van der Waals surface area (Å²) >= 11 is 6.68. The van der Waals surface area contributed by atoms with Gasteiger partial charge in [-0.1, -0.05) is 48.0 Å². The number of piperazine rings is 1. The number of carbonyl (C=O) groups excluding carboxylic acids is 2. The molecule has 0 atom stereocenters. The van der Waals surface area contributed by atoms with E-state index in [2.05, 4.69) is 26.6 Å². The van der Waals surface area contributed by atoms with Crippen molar-refractivity contribution in [3.8, 4) is 11.1 Å². The summed E-state index contributed by atoms with van der Waals surface area (Å²) in [5.74, 6) is 0.905. The minimum absolute atomic E-state index is 0.0381. The van der Waals surface area contributed by atoms with Crippen molar-refractivity contribution in [3.63, 3.8) is 0 Å². The van der Waals surface area contributed by atoms with Crippen LogP contribution in [0.25, 0.3) is 22.2 Å². The Morgan fingerprint density at radius 1 is 0.930 bits per heavy atom. The van der Waals surface area contributed by atoms with Gasteiger partial charge in [-0.3, -0.25) is 4.79 Å². The van der Waals surface area contributed by atoms with Gasteiger partial charge in [0.15, 0.2) is 0 Å². The van der Waals surface area contributed by atoms with Crippen molar-refractivity contribution >= 4 is 46.1 Å². The number of hydrogen-bond acceptors (Lipinski definition) is 6. The molecule has 0 radical (unpaired) electrons. The molecule has 7 rings (SSSR count).